The first kappa shape index (κ1) is 15.4. The van der Waals surface area contributed by atoms with Crippen LogP contribution in [0.5, 0.6) is 0 Å². The van der Waals surface area contributed by atoms with Gasteiger partial charge in [-0.25, -0.2) is 4.39 Å². The molecule has 5 heteroatoms. The molecule has 2 aromatic rings. The maximum atomic E-state index is 13.5. The summed E-state index contributed by atoms with van der Waals surface area (Å²) in [7, 11) is 0. The molecule has 2 nitrogen and oxygen atoms in total. The third-order valence-electron chi connectivity index (χ3n) is 3.26. The molecule has 0 aliphatic rings. The van der Waals surface area contributed by atoms with E-state index in [9.17, 15) is 4.39 Å². The minimum atomic E-state index is -0.278. The molecule has 0 fully saturated rings. The summed E-state index contributed by atoms with van der Waals surface area (Å²) in [5.41, 5.74) is 5.59. The van der Waals surface area contributed by atoms with Gasteiger partial charge in [0.15, 0.2) is 0 Å². The summed E-state index contributed by atoms with van der Waals surface area (Å²) in [6.07, 6.45) is 0.564. The van der Waals surface area contributed by atoms with Gasteiger partial charge >= 0.3 is 0 Å². The predicted octanol–water partition coefficient (Wildman–Crippen LogP) is 4.30. The van der Waals surface area contributed by atoms with E-state index in [-0.39, 0.29) is 11.9 Å². The van der Waals surface area contributed by atoms with Crippen LogP contribution in [0.15, 0.2) is 40.9 Å². The minimum Gasteiger partial charge on any atom is -0.271 e. The van der Waals surface area contributed by atoms with Gasteiger partial charge < -0.3 is 0 Å². The zero-order valence-corrected chi connectivity index (χ0v) is 13.3. The summed E-state index contributed by atoms with van der Waals surface area (Å²) < 4.78 is 14.0. The lowest BCUT2D eigenvalue weighted by Crippen LogP contribution is -2.29. The Balaban J connectivity index is 2.28. The number of benzene rings is 2. The van der Waals surface area contributed by atoms with E-state index >= 15 is 0 Å². The number of rotatable bonds is 4. The van der Waals surface area contributed by atoms with Crippen molar-refractivity contribution in [1.82, 2.24) is 5.43 Å². The first-order valence-corrected chi connectivity index (χ1v) is 7.35. The fourth-order valence-corrected chi connectivity index (χ4v) is 2.64. The molecule has 0 aromatic heterocycles. The number of aryl methyl sites for hydroxylation is 1. The Morgan fingerprint density at radius 2 is 2.10 bits per heavy atom. The molecule has 0 radical (unpaired) electrons. The van der Waals surface area contributed by atoms with Crippen molar-refractivity contribution >= 4 is 27.5 Å². The van der Waals surface area contributed by atoms with Gasteiger partial charge in [-0.3, -0.25) is 11.3 Å². The van der Waals surface area contributed by atoms with E-state index in [2.05, 4.69) is 21.4 Å². The number of hydrogen-bond acceptors (Lipinski definition) is 2. The first-order valence-electron chi connectivity index (χ1n) is 6.18. The smallest absolute Gasteiger partial charge is 0.137 e. The molecule has 0 spiro atoms. The summed E-state index contributed by atoms with van der Waals surface area (Å²) in [6.45, 7) is 1.94. The van der Waals surface area contributed by atoms with Crippen molar-refractivity contribution in [1.29, 1.82) is 0 Å². The Kier molecular flexibility index (Phi) is 5.16. The van der Waals surface area contributed by atoms with Crippen LogP contribution in [0.1, 0.15) is 22.7 Å². The molecule has 0 heterocycles. The van der Waals surface area contributed by atoms with Crippen LogP contribution in [0.4, 0.5) is 4.39 Å². The standard InChI is InChI=1S/C15H15BrClFN2/c1-9-5-6-10(7-12(9)17)14(20-19)8-11-3-2-4-13(18)15(11)16/h2-7,14,20H,8,19H2,1H3. The maximum Gasteiger partial charge on any atom is 0.137 e. The topological polar surface area (TPSA) is 38.0 Å². The molecule has 1 unspecified atom stereocenters. The quantitative estimate of drug-likeness (QED) is 0.632. The lowest BCUT2D eigenvalue weighted by Gasteiger charge is -2.18. The molecule has 2 rings (SSSR count). The lowest BCUT2D eigenvalue weighted by atomic mass is 9.98. The highest BCUT2D eigenvalue weighted by Crippen LogP contribution is 2.27. The van der Waals surface area contributed by atoms with Gasteiger partial charge in [0.1, 0.15) is 5.82 Å². The molecule has 1 atom stereocenters. The molecule has 0 saturated heterocycles. The first-order chi connectivity index (χ1) is 9.52. The van der Waals surface area contributed by atoms with Crippen molar-refractivity contribution in [3.63, 3.8) is 0 Å². The molecule has 0 amide bonds. The summed E-state index contributed by atoms with van der Waals surface area (Å²) in [5, 5.41) is 0.695. The highest BCUT2D eigenvalue weighted by Gasteiger charge is 2.14. The van der Waals surface area contributed by atoms with E-state index in [4.69, 9.17) is 17.4 Å². The summed E-state index contributed by atoms with van der Waals surface area (Å²) >= 11 is 9.40. The normalized spacial score (nSPS) is 12.4. The number of halogens is 3. The minimum absolute atomic E-state index is 0.133. The second-order valence-electron chi connectivity index (χ2n) is 4.64. The summed E-state index contributed by atoms with van der Waals surface area (Å²) in [4.78, 5) is 0. The Labute approximate surface area is 131 Å². The Bertz CT molecular complexity index is 619. The van der Waals surface area contributed by atoms with Gasteiger partial charge in [-0.15, -0.1) is 0 Å². The van der Waals surface area contributed by atoms with Gasteiger partial charge in [0.25, 0.3) is 0 Å². The van der Waals surface area contributed by atoms with Gasteiger partial charge in [-0.05, 0) is 58.1 Å². The number of hydrogen-bond donors (Lipinski definition) is 2. The van der Waals surface area contributed by atoms with Gasteiger partial charge in [0.2, 0.25) is 0 Å². The van der Waals surface area contributed by atoms with Crippen LogP contribution in [0, 0.1) is 12.7 Å². The third kappa shape index (κ3) is 3.38. The SMILES string of the molecule is Cc1ccc(C(Cc2cccc(F)c2Br)NN)cc1Cl. The molecule has 0 saturated carbocycles. The van der Waals surface area contributed by atoms with Crippen LogP contribution in [0.2, 0.25) is 5.02 Å². The Hall–Kier alpha value is -0.940. The van der Waals surface area contributed by atoms with Crippen LogP contribution < -0.4 is 11.3 Å². The average molecular weight is 358 g/mol. The van der Waals surface area contributed by atoms with E-state index in [1.807, 2.05) is 31.2 Å². The second kappa shape index (κ2) is 6.68. The van der Waals surface area contributed by atoms with E-state index in [0.29, 0.717) is 15.9 Å². The summed E-state index contributed by atoms with van der Waals surface area (Å²) in [6, 6.07) is 10.6. The van der Waals surface area contributed by atoms with Crippen molar-refractivity contribution in [2.24, 2.45) is 5.84 Å². The van der Waals surface area contributed by atoms with Gasteiger partial charge in [-0.2, -0.15) is 0 Å². The van der Waals surface area contributed by atoms with Gasteiger partial charge in [0, 0.05) is 5.02 Å². The number of nitrogens with one attached hydrogen (secondary N) is 1. The highest BCUT2D eigenvalue weighted by atomic mass is 79.9. The molecule has 3 N–H and O–H groups in total. The Morgan fingerprint density at radius 3 is 2.75 bits per heavy atom. The zero-order chi connectivity index (χ0) is 14.7. The van der Waals surface area contributed by atoms with Crippen LogP contribution in [-0.4, -0.2) is 0 Å². The van der Waals surface area contributed by atoms with Crippen LogP contribution in [-0.2, 0) is 6.42 Å². The molecule has 0 aliphatic carbocycles. The predicted molar refractivity (Wildman–Crippen MR) is 84.1 cm³/mol. The highest BCUT2D eigenvalue weighted by molar-refractivity contribution is 9.10. The number of hydrazine groups is 1. The zero-order valence-electron chi connectivity index (χ0n) is 11.0. The molecule has 20 heavy (non-hydrogen) atoms. The molecule has 0 bridgehead atoms. The van der Waals surface area contributed by atoms with E-state index in [1.165, 1.54) is 6.07 Å². The van der Waals surface area contributed by atoms with E-state index < -0.39 is 0 Å². The van der Waals surface area contributed by atoms with Crippen molar-refractivity contribution < 1.29 is 4.39 Å². The van der Waals surface area contributed by atoms with Crippen LogP contribution >= 0.6 is 27.5 Å². The molecular weight excluding hydrogens is 343 g/mol. The van der Waals surface area contributed by atoms with Gasteiger partial charge in [-0.1, -0.05) is 35.9 Å². The molecular formula is C15H15BrClFN2. The Morgan fingerprint density at radius 1 is 1.35 bits per heavy atom. The fraction of sp³-hybridized carbons (Fsp3) is 0.200. The maximum absolute atomic E-state index is 13.5. The van der Waals surface area contributed by atoms with Crippen LogP contribution in [0.25, 0.3) is 0 Å². The van der Waals surface area contributed by atoms with E-state index in [1.54, 1.807) is 6.07 Å². The van der Waals surface area contributed by atoms with Crippen molar-refractivity contribution in [3.8, 4) is 0 Å². The summed E-state index contributed by atoms with van der Waals surface area (Å²) in [5.74, 6) is 5.35. The van der Waals surface area contributed by atoms with Crippen molar-refractivity contribution in [2.75, 3.05) is 0 Å². The second-order valence-corrected chi connectivity index (χ2v) is 5.85. The van der Waals surface area contributed by atoms with Crippen LogP contribution in [0.3, 0.4) is 0 Å². The lowest BCUT2D eigenvalue weighted by molar-refractivity contribution is 0.546. The monoisotopic (exact) mass is 356 g/mol. The molecule has 106 valence electrons. The fourth-order valence-electron chi connectivity index (χ4n) is 2.02. The molecule has 2 aromatic carbocycles. The van der Waals surface area contributed by atoms with Crippen molar-refractivity contribution in [2.45, 2.75) is 19.4 Å². The van der Waals surface area contributed by atoms with Gasteiger partial charge in [0.05, 0.1) is 10.5 Å². The molecule has 0 aliphatic heterocycles. The number of nitrogens with two attached hydrogens (primary N) is 1. The third-order valence-corrected chi connectivity index (χ3v) is 4.55. The average Bonchev–Trinajstić information content (AvgIpc) is 2.44. The van der Waals surface area contributed by atoms with E-state index in [0.717, 1.165) is 16.7 Å². The largest absolute Gasteiger partial charge is 0.271 e. The van der Waals surface area contributed by atoms with Crippen molar-refractivity contribution in [3.05, 3.63) is 68.4 Å².